The number of imidazole rings is 1. The molecule has 0 bridgehead atoms. The molecule has 1 amide bonds. The number of hydrogen-bond donors (Lipinski definition) is 1. The van der Waals surface area contributed by atoms with Crippen molar-refractivity contribution in [1.29, 1.82) is 0 Å². The highest BCUT2D eigenvalue weighted by atomic mass is 32.2. The van der Waals surface area contributed by atoms with Gasteiger partial charge in [0.1, 0.15) is 17.3 Å². The smallest absolute Gasteiger partial charge is 0.497 e. The molecule has 1 N–H and O–H groups in total. The van der Waals surface area contributed by atoms with Gasteiger partial charge in [0, 0.05) is 30.6 Å². The average molecular weight is 588 g/mol. The van der Waals surface area contributed by atoms with Gasteiger partial charge >= 0.3 is 6.36 Å². The molecule has 1 fully saturated rings. The van der Waals surface area contributed by atoms with E-state index in [1.807, 2.05) is 4.57 Å². The topological polar surface area (TPSA) is 99.5 Å². The number of hydrogen-bond acceptors (Lipinski definition) is 6. The molecule has 0 saturated heterocycles. The Labute approximate surface area is 235 Å². The highest BCUT2D eigenvalue weighted by molar-refractivity contribution is 7.91. The van der Waals surface area contributed by atoms with Gasteiger partial charge in [-0.05, 0) is 66.4 Å². The molecule has 1 aromatic heterocycles. The number of nitrogens with one attached hydrogen (secondary N) is 1. The molecule has 1 saturated carbocycles. The molecule has 12 heteroatoms. The molecule has 5 rings (SSSR count). The van der Waals surface area contributed by atoms with Gasteiger partial charge in [-0.2, -0.15) is 0 Å². The van der Waals surface area contributed by atoms with Gasteiger partial charge in [-0.15, -0.1) is 13.2 Å². The van der Waals surface area contributed by atoms with Crippen molar-refractivity contribution in [3.63, 3.8) is 0 Å². The van der Waals surface area contributed by atoms with Crippen LogP contribution in [-0.4, -0.2) is 43.1 Å². The predicted octanol–water partition coefficient (Wildman–Crippen LogP) is 5.59. The molecule has 0 atom stereocenters. The number of rotatable bonds is 10. The third-order valence-electron chi connectivity index (χ3n) is 6.85. The van der Waals surface area contributed by atoms with E-state index in [0.29, 0.717) is 16.6 Å². The van der Waals surface area contributed by atoms with E-state index in [1.54, 1.807) is 43.3 Å². The van der Waals surface area contributed by atoms with Crippen LogP contribution < -0.4 is 14.8 Å². The molecular formula is C29H28F3N3O5S. The molecule has 1 heterocycles. The highest BCUT2D eigenvalue weighted by Crippen LogP contribution is 2.41. The number of fused-ring (bicyclic) bond motifs is 1. The van der Waals surface area contributed by atoms with Crippen molar-refractivity contribution < 1.29 is 35.9 Å². The van der Waals surface area contributed by atoms with Crippen LogP contribution in [0.25, 0.3) is 11.0 Å². The van der Waals surface area contributed by atoms with Crippen molar-refractivity contribution in [2.45, 2.75) is 50.0 Å². The largest absolute Gasteiger partial charge is 0.573 e. The number of sulfone groups is 1. The zero-order valence-electron chi connectivity index (χ0n) is 22.4. The number of halogens is 3. The molecule has 0 radical (unpaired) electrons. The number of aromatic nitrogens is 2. The molecule has 41 heavy (non-hydrogen) atoms. The predicted molar refractivity (Wildman–Crippen MR) is 146 cm³/mol. The van der Waals surface area contributed by atoms with Crippen molar-refractivity contribution in [3.05, 3.63) is 83.2 Å². The van der Waals surface area contributed by atoms with Gasteiger partial charge in [0.05, 0.1) is 28.8 Å². The summed E-state index contributed by atoms with van der Waals surface area (Å²) in [4.78, 5) is 17.9. The third kappa shape index (κ3) is 6.64. The molecular weight excluding hydrogens is 559 g/mol. The SMILES string of the molecule is CCS(=O)(=O)c1ccc(CNC(=O)c2ccc3c(c2)nc(C2CC2)n3Cc2cc(OC)cc(OC(F)(F)F)c2)cc1. The maximum atomic E-state index is 12.9. The summed E-state index contributed by atoms with van der Waals surface area (Å²) < 4.78 is 73.9. The number of ether oxygens (including phenoxy) is 2. The van der Waals surface area contributed by atoms with E-state index in [9.17, 15) is 26.4 Å². The summed E-state index contributed by atoms with van der Waals surface area (Å²) in [5.74, 6) is 0.596. The first-order valence-corrected chi connectivity index (χ1v) is 14.6. The molecule has 216 valence electrons. The number of alkyl halides is 3. The lowest BCUT2D eigenvalue weighted by Crippen LogP contribution is -2.22. The second kappa shape index (κ2) is 11.1. The highest BCUT2D eigenvalue weighted by Gasteiger charge is 2.32. The molecule has 4 aromatic rings. The maximum absolute atomic E-state index is 12.9. The average Bonchev–Trinajstić information content (AvgIpc) is 3.72. The normalized spacial score (nSPS) is 13.8. The Bertz CT molecular complexity index is 1700. The first kappa shape index (κ1) is 28.5. The zero-order valence-corrected chi connectivity index (χ0v) is 23.2. The van der Waals surface area contributed by atoms with Crippen molar-refractivity contribution in [1.82, 2.24) is 14.9 Å². The summed E-state index contributed by atoms with van der Waals surface area (Å²) in [5, 5.41) is 2.84. The van der Waals surface area contributed by atoms with Crippen LogP contribution in [0.5, 0.6) is 11.5 Å². The molecule has 0 spiro atoms. The van der Waals surface area contributed by atoms with Gasteiger partial charge in [-0.1, -0.05) is 19.1 Å². The second-order valence-corrected chi connectivity index (χ2v) is 12.1. The fourth-order valence-corrected chi connectivity index (χ4v) is 5.47. The summed E-state index contributed by atoms with van der Waals surface area (Å²) in [5.41, 5.74) is 3.05. The number of benzene rings is 3. The van der Waals surface area contributed by atoms with Crippen LogP contribution in [0.1, 0.15) is 53.0 Å². The third-order valence-corrected chi connectivity index (χ3v) is 8.60. The molecule has 3 aromatic carbocycles. The first-order chi connectivity index (χ1) is 19.5. The van der Waals surface area contributed by atoms with E-state index in [4.69, 9.17) is 9.72 Å². The molecule has 0 unspecified atom stereocenters. The van der Waals surface area contributed by atoms with Crippen LogP contribution in [0.4, 0.5) is 13.2 Å². The fraction of sp³-hybridized carbons (Fsp3) is 0.310. The monoisotopic (exact) mass is 587 g/mol. The first-order valence-electron chi connectivity index (χ1n) is 13.0. The van der Waals surface area contributed by atoms with Crippen molar-refractivity contribution in [2.75, 3.05) is 12.9 Å². The van der Waals surface area contributed by atoms with E-state index in [1.165, 1.54) is 31.4 Å². The Morgan fingerprint density at radius 1 is 1.02 bits per heavy atom. The van der Waals surface area contributed by atoms with Crippen molar-refractivity contribution in [3.8, 4) is 11.5 Å². The van der Waals surface area contributed by atoms with Crippen molar-refractivity contribution >= 4 is 26.8 Å². The molecule has 1 aliphatic carbocycles. The fourth-order valence-electron chi connectivity index (χ4n) is 4.59. The van der Waals surface area contributed by atoms with Gasteiger partial charge < -0.3 is 19.4 Å². The van der Waals surface area contributed by atoms with Gasteiger partial charge in [0.2, 0.25) is 0 Å². The van der Waals surface area contributed by atoms with Crippen LogP contribution in [0, 0.1) is 0 Å². The lowest BCUT2D eigenvalue weighted by Gasteiger charge is -2.14. The van der Waals surface area contributed by atoms with Crippen LogP contribution in [0.3, 0.4) is 0 Å². The number of carbonyl (C=O) groups is 1. The lowest BCUT2D eigenvalue weighted by atomic mass is 10.1. The maximum Gasteiger partial charge on any atom is 0.573 e. The Hall–Kier alpha value is -4.06. The van der Waals surface area contributed by atoms with E-state index in [0.717, 1.165) is 29.7 Å². The minimum absolute atomic E-state index is 0.0107. The number of nitrogens with zero attached hydrogens (tertiary/aromatic N) is 2. The Kier molecular flexibility index (Phi) is 7.69. The van der Waals surface area contributed by atoms with Crippen LogP contribution in [-0.2, 0) is 22.9 Å². The molecule has 1 aliphatic rings. The van der Waals surface area contributed by atoms with E-state index in [2.05, 4.69) is 10.1 Å². The summed E-state index contributed by atoms with van der Waals surface area (Å²) in [6.07, 6.45) is -2.92. The minimum Gasteiger partial charge on any atom is -0.497 e. The number of amides is 1. The Balaban J connectivity index is 1.37. The van der Waals surface area contributed by atoms with Gasteiger partial charge in [-0.25, -0.2) is 13.4 Å². The van der Waals surface area contributed by atoms with Crippen molar-refractivity contribution in [2.24, 2.45) is 0 Å². The molecule has 0 aliphatic heterocycles. The lowest BCUT2D eigenvalue weighted by molar-refractivity contribution is -0.274. The van der Waals surface area contributed by atoms with E-state index >= 15 is 0 Å². The van der Waals surface area contributed by atoms with Gasteiger partial charge in [0.25, 0.3) is 5.91 Å². The minimum atomic E-state index is -4.83. The summed E-state index contributed by atoms with van der Waals surface area (Å²) in [6, 6.07) is 15.7. The Morgan fingerprint density at radius 2 is 1.73 bits per heavy atom. The molecule has 8 nitrogen and oxygen atoms in total. The summed E-state index contributed by atoms with van der Waals surface area (Å²) in [7, 11) is -1.93. The van der Waals surface area contributed by atoms with Crippen LogP contribution >= 0.6 is 0 Å². The van der Waals surface area contributed by atoms with Crippen LogP contribution in [0.2, 0.25) is 0 Å². The van der Waals surface area contributed by atoms with E-state index < -0.39 is 16.2 Å². The Morgan fingerprint density at radius 3 is 2.37 bits per heavy atom. The quantitative estimate of drug-likeness (QED) is 0.260. The zero-order chi connectivity index (χ0) is 29.4. The summed E-state index contributed by atoms with van der Waals surface area (Å²) >= 11 is 0. The van der Waals surface area contributed by atoms with Crippen LogP contribution in [0.15, 0.2) is 65.6 Å². The van der Waals surface area contributed by atoms with Gasteiger partial charge in [-0.3, -0.25) is 4.79 Å². The van der Waals surface area contributed by atoms with Gasteiger partial charge in [0.15, 0.2) is 9.84 Å². The second-order valence-electron chi connectivity index (χ2n) is 9.83. The summed E-state index contributed by atoms with van der Waals surface area (Å²) in [6.45, 7) is 2.03. The van der Waals surface area contributed by atoms with E-state index in [-0.39, 0.29) is 47.1 Å². The number of carbonyl (C=O) groups excluding carboxylic acids is 1. The number of methoxy groups -OCH3 is 1. The standard InChI is InChI=1S/C29H28F3N3O5S/c1-3-41(37,38)24-9-4-18(5-10-24)16-33-28(36)21-8-11-26-25(14-21)34-27(20-6-7-20)35(26)17-19-12-22(39-2)15-23(13-19)40-29(30,31)32/h4-5,8-15,20H,3,6-7,16-17H2,1-2H3,(H,33,36).